The molecule has 6 rings (SSSR count). The molecule has 192 valence electrons. The molecule has 3 fully saturated rings. The molecule has 3 saturated heterocycles. The number of anilines is 1. The maximum absolute atomic E-state index is 12.7. The molecule has 0 spiro atoms. The molecular formula is C28H29N3O5S. The van der Waals surface area contributed by atoms with Gasteiger partial charge in [0, 0.05) is 17.8 Å². The number of imide groups is 1. The zero-order chi connectivity index (χ0) is 25.5. The molecule has 0 saturated carbocycles. The first-order valence-electron chi connectivity index (χ1n) is 12.9. The first kappa shape index (κ1) is 24.1. The zero-order valence-corrected chi connectivity index (χ0v) is 21.5. The number of ether oxygens (including phenoxy) is 2. The van der Waals surface area contributed by atoms with E-state index in [1.54, 1.807) is 11.3 Å². The number of amides is 3. The molecule has 8 nitrogen and oxygen atoms in total. The molecule has 2 bridgehead atoms. The molecule has 3 aliphatic heterocycles. The van der Waals surface area contributed by atoms with E-state index in [1.807, 2.05) is 30.3 Å². The fourth-order valence-corrected chi connectivity index (χ4v) is 6.78. The molecule has 37 heavy (non-hydrogen) atoms. The minimum atomic E-state index is -0.503. The number of carbonyl (C=O) groups excluding carboxylic acids is 3. The number of unbranched alkanes of at least 4 members (excludes halogenated alkanes) is 2. The number of benzene rings is 2. The van der Waals surface area contributed by atoms with E-state index in [9.17, 15) is 14.4 Å². The number of hydrogen-bond acceptors (Lipinski definition) is 7. The number of nitrogens with one attached hydrogen (secondary N) is 1. The Labute approximate surface area is 219 Å². The zero-order valence-electron chi connectivity index (χ0n) is 20.6. The second-order valence-corrected chi connectivity index (χ2v) is 11.1. The molecule has 3 amide bonds. The standard InChI is InChI=1S/C28H29N3O5S/c1-16-5-10-19-22(15-16)37-25(30-19)17-6-8-18(9-7-17)29-28(34)35-14-4-2-3-13-31-26(32)23-20-11-12-21(36-20)24(23)27(31)33/h5-10,15,20-21,23-24H,2-4,11-14H2,1H3,(H,29,34). The predicted octanol–water partition coefficient (Wildman–Crippen LogP) is 5.15. The van der Waals surface area contributed by atoms with Gasteiger partial charge in [-0.2, -0.15) is 0 Å². The summed E-state index contributed by atoms with van der Waals surface area (Å²) < 4.78 is 12.2. The summed E-state index contributed by atoms with van der Waals surface area (Å²) in [4.78, 5) is 43.6. The smallest absolute Gasteiger partial charge is 0.411 e. The highest BCUT2D eigenvalue weighted by molar-refractivity contribution is 7.21. The van der Waals surface area contributed by atoms with E-state index >= 15 is 0 Å². The van der Waals surface area contributed by atoms with Crippen molar-refractivity contribution >= 4 is 45.1 Å². The minimum Gasteiger partial charge on any atom is -0.449 e. The van der Waals surface area contributed by atoms with Crippen LogP contribution < -0.4 is 5.32 Å². The molecule has 1 N–H and O–H groups in total. The Hall–Kier alpha value is -3.30. The van der Waals surface area contributed by atoms with E-state index in [-0.39, 0.29) is 42.5 Å². The third-order valence-electron chi connectivity index (χ3n) is 7.56. The van der Waals surface area contributed by atoms with Gasteiger partial charge in [-0.15, -0.1) is 11.3 Å². The third-order valence-corrected chi connectivity index (χ3v) is 8.62. The summed E-state index contributed by atoms with van der Waals surface area (Å²) in [6, 6.07) is 13.8. The Morgan fingerprint density at radius 3 is 2.51 bits per heavy atom. The first-order valence-corrected chi connectivity index (χ1v) is 13.7. The highest BCUT2D eigenvalue weighted by Crippen LogP contribution is 2.48. The van der Waals surface area contributed by atoms with Crippen LogP contribution >= 0.6 is 11.3 Å². The van der Waals surface area contributed by atoms with E-state index < -0.39 is 6.09 Å². The summed E-state index contributed by atoms with van der Waals surface area (Å²) in [5.74, 6) is -0.667. The molecule has 4 heterocycles. The lowest BCUT2D eigenvalue weighted by atomic mass is 9.81. The first-order chi connectivity index (χ1) is 18.0. The number of rotatable bonds is 8. The number of thiazole rings is 1. The van der Waals surface area contributed by atoms with Gasteiger partial charge in [0.05, 0.1) is 40.9 Å². The maximum Gasteiger partial charge on any atom is 0.411 e. The van der Waals surface area contributed by atoms with Crippen LogP contribution in [0.5, 0.6) is 0 Å². The van der Waals surface area contributed by atoms with Crippen LogP contribution in [0.4, 0.5) is 10.5 Å². The van der Waals surface area contributed by atoms with Crippen LogP contribution in [0.25, 0.3) is 20.8 Å². The van der Waals surface area contributed by atoms with Gasteiger partial charge in [-0.25, -0.2) is 9.78 Å². The number of nitrogens with zero attached hydrogens (tertiary/aromatic N) is 2. The number of carbonyl (C=O) groups is 3. The topological polar surface area (TPSA) is 97.8 Å². The van der Waals surface area contributed by atoms with E-state index in [1.165, 1.54) is 10.5 Å². The molecule has 4 unspecified atom stereocenters. The summed E-state index contributed by atoms with van der Waals surface area (Å²) in [6.07, 6.45) is 3.24. The summed E-state index contributed by atoms with van der Waals surface area (Å²) in [5.41, 5.74) is 3.85. The van der Waals surface area contributed by atoms with Crippen LogP contribution in [0.15, 0.2) is 42.5 Å². The molecule has 0 radical (unpaired) electrons. The van der Waals surface area contributed by atoms with Crippen LogP contribution in [0.3, 0.4) is 0 Å². The van der Waals surface area contributed by atoms with E-state index in [2.05, 4.69) is 24.4 Å². The highest BCUT2D eigenvalue weighted by atomic mass is 32.1. The Morgan fingerprint density at radius 2 is 1.78 bits per heavy atom. The third kappa shape index (κ3) is 4.62. The lowest BCUT2D eigenvalue weighted by molar-refractivity contribution is -0.142. The van der Waals surface area contributed by atoms with Gasteiger partial charge >= 0.3 is 6.09 Å². The van der Waals surface area contributed by atoms with Gasteiger partial charge < -0.3 is 9.47 Å². The lowest BCUT2D eigenvalue weighted by Gasteiger charge is -2.17. The van der Waals surface area contributed by atoms with Crippen LogP contribution in [-0.2, 0) is 19.1 Å². The Balaban J connectivity index is 0.915. The van der Waals surface area contributed by atoms with Crippen LogP contribution in [-0.4, -0.2) is 53.2 Å². The van der Waals surface area contributed by atoms with Crippen molar-refractivity contribution in [1.29, 1.82) is 0 Å². The Kier molecular flexibility index (Phi) is 6.42. The minimum absolute atomic E-state index is 0.0675. The molecule has 4 atom stereocenters. The van der Waals surface area contributed by atoms with Gasteiger partial charge in [-0.1, -0.05) is 6.07 Å². The Bertz CT molecular complexity index is 1330. The van der Waals surface area contributed by atoms with Crippen molar-refractivity contribution in [3.63, 3.8) is 0 Å². The van der Waals surface area contributed by atoms with Gasteiger partial charge in [0.1, 0.15) is 5.01 Å². The average molecular weight is 520 g/mol. The van der Waals surface area contributed by atoms with Crippen LogP contribution in [0.2, 0.25) is 0 Å². The summed E-state index contributed by atoms with van der Waals surface area (Å²) >= 11 is 1.65. The van der Waals surface area contributed by atoms with Crippen molar-refractivity contribution in [3.8, 4) is 10.6 Å². The van der Waals surface area contributed by atoms with Crippen LogP contribution in [0.1, 0.15) is 37.7 Å². The van der Waals surface area contributed by atoms with Crippen molar-refractivity contribution in [3.05, 3.63) is 48.0 Å². The molecule has 1 aromatic heterocycles. The monoisotopic (exact) mass is 519 g/mol. The maximum atomic E-state index is 12.7. The lowest BCUT2D eigenvalue weighted by Crippen LogP contribution is -2.35. The summed E-state index contributed by atoms with van der Waals surface area (Å²) in [7, 11) is 0. The number of fused-ring (bicyclic) bond motifs is 6. The average Bonchev–Trinajstić information content (AvgIpc) is 3.66. The Morgan fingerprint density at radius 1 is 1.05 bits per heavy atom. The summed E-state index contributed by atoms with van der Waals surface area (Å²) in [6.45, 7) is 2.77. The predicted molar refractivity (Wildman–Crippen MR) is 140 cm³/mol. The van der Waals surface area contributed by atoms with Gasteiger partial charge in [-0.05, 0) is 81.0 Å². The second kappa shape index (κ2) is 9.87. The van der Waals surface area contributed by atoms with E-state index in [0.717, 1.165) is 40.1 Å². The SMILES string of the molecule is Cc1ccc2nc(-c3ccc(NC(=O)OCCCCCN4C(=O)C5C6CCC(O6)C5C4=O)cc3)sc2c1. The fourth-order valence-electron chi connectivity index (χ4n) is 5.71. The molecule has 0 aliphatic carbocycles. The number of aromatic nitrogens is 1. The quantitative estimate of drug-likeness (QED) is 0.326. The molecular weight excluding hydrogens is 490 g/mol. The summed E-state index contributed by atoms with van der Waals surface area (Å²) in [5, 5.41) is 3.69. The van der Waals surface area contributed by atoms with Gasteiger partial charge in [0.25, 0.3) is 0 Å². The van der Waals surface area contributed by atoms with Crippen LogP contribution in [0, 0.1) is 18.8 Å². The largest absolute Gasteiger partial charge is 0.449 e. The molecule has 3 aliphatic rings. The number of likely N-dealkylation sites (tertiary alicyclic amines) is 1. The van der Waals surface area contributed by atoms with Gasteiger partial charge in [-0.3, -0.25) is 19.8 Å². The molecule has 3 aromatic rings. The molecule has 9 heteroatoms. The van der Waals surface area contributed by atoms with Gasteiger partial charge in [0.2, 0.25) is 11.8 Å². The normalized spacial score (nSPS) is 24.2. The van der Waals surface area contributed by atoms with E-state index in [4.69, 9.17) is 14.5 Å². The molecule has 2 aromatic carbocycles. The second-order valence-electron chi connectivity index (χ2n) is 10.1. The van der Waals surface area contributed by atoms with Crippen molar-refractivity contribution < 1.29 is 23.9 Å². The highest BCUT2D eigenvalue weighted by Gasteiger charge is 2.62. The number of hydrogen-bond donors (Lipinski definition) is 1. The number of aryl methyl sites for hydroxylation is 1. The van der Waals surface area contributed by atoms with Crippen molar-refractivity contribution in [2.45, 2.75) is 51.2 Å². The van der Waals surface area contributed by atoms with Crippen molar-refractivity contribution in [1.82, 2.24) is 9.88 Å². The fraction of sp³-hybridized carbons (Fsp3) is 0.429. The van der Waals surface area contributed by atoms with Crippen molar-refractivity contribution in [2.24, 2.45) is 11.8 Å². The van der Waals surface area contributed by atoms with Gasteiger partial charge in [0.15, 0.2) is 0 Å². The van der Waals surface area contributed by atoms with E-state index in [0.29, 0.717) is 25.1 Å². The van der Waals surface area contributed by atoms with Crippen molar-refractivity contribution in [2.75, 3.05) is 18.5 Å².